The van der Waals surface area contributed by atoms with Crippen LogP contribution in [0.3, 0.4) is 0 Å². The molecule has 2 aliphatic rings. The summed E-state index contributed by atoms with van der Waals surface area (Å²) in [5.41, 5.74) is 2.98. The number of rotatable bonds is 5. The van der Waals surface area contributed by atoms with Gasteiger partial charge in [-0.3, -0.25) is 14.4 Å². The van der Waals surface area contributed by atoms with Crippen LogP contribution >= 0.6 is 0 Å². The Labute approximate surface area is 179 Å². The Kier molecular flexibility index (Phi) is 5.99. The van der Waals surface area contributed by atoms with Gasteiger partial charge in [0.2, 0.25) is 11.8 Å². The van der Waals surface area contributed by atoms with E-state index in [4.69, 9.17) is 4.74 Å². The quantitative estimate of drug-likeness (QED) is 0.799. The predicted octanol–water partition coefficient (Wildman–Crippen LogP) is 2.74. The second-order valence-electron chi connectivity index (χ2n) is 7.80. The highest BCUT2D eigenvalue weighted by molar-refractivity contribution is 6.04. The van der Waals surface area contributed by atoms with Gasteiger partial charge in [-0.05, 0) is 54.8 Å². The lowest BCUT2D eigenvalue weighted by Gasteiger charge is -2.30. The molecule has 1 atom stereocenters. The molecule has 2 aromatic rings. The first kappa shape index (κ1) is 21.0. The number of amides is 3. The Bertz CT molecular complexity index is 1010. The smallest absolute Gasteiger partial charge is 0.252 e. The summed E-state index contributed by atoms with van der Waals surface area (Å²) in [6.07, 6.45) is 1.83. The number of ether oxygens (including phenoxy) is 1. The summed E-state index contributed by atoms with van der Waals surface area (Å²) < 4.78 is 18.1. The maximum Gasteiger partial charge on any atom is 0.252 e. The first-order chi connectivity index (χ1) is 15.0. The van der Waals surface area contributed by atoms with Crippen molar-refractivity contribution in [2.75, 3.05) is 41.9 Å². The van der Waals surface area contributed by atoms with Crippen molar-refractivity contribution in [2.24, 2.45) is 5.92 Å². The Morgan fingerprint density at radius 2 is 1.97 bits per heavy atom. The highest BCUT2D eigenvalue weighted by Crippen LogP contribution is 2.31. The molecule has 2 heterocycles. The molecule has 1 fully saturated rings. The first-order valence-electron chi connectivity index (χ1n) is 10.3. The lowest BCUT2D eigenvalue weighted by molar-refractivity contribution is -0.122. The fraction of sp³-hybridized carbons (Fsp3) is 0.348. The zero-order chi connectivity index (χ0) is 22.0. The molecular formula is C23H24FN3O4. The van der Waals surface area contributed by atoms with Gasteiger partial charge < -0.3 is 19.9 Å². The van der Waals surface area contributed by atoms with Crippen molar-refractivity contribution in [3.8, 4) is 0 Å². The van der Waals surface area contributed by atoms with Gasteiger partial charge in [-0.2, -0.15) is 0 Å². The van der Waals surface area contributed by atoms with E-state index in [2.05, 4.69) is 5.32 Å². The molecule has 3 amide bonds. The highest BCUT2D eigenvalue weighted by Gasteiger charge is 2.35. The fourth-order valence-corrected chi connectivity index (χ4v) is 4.11. The standard InChI is InChI=1S/C23H24FN3O4/c1-31-14-22(29)26-10-2-3-15-4-7-18(12-20(15)26)25-23(30)16-11-21(28)27(13-16)19-8-5-17(24)6-9-19/h4-9,12,16H,2-3,10-11,13-14H2,1H3,(H,25,30)/t16-/m1/s1. The number of carbonyl (C=O) groups is 3. The average Bonchev–Trinajstić information content (AvgIpc) is 3.16. The molecule has 0 aliphatic carbocycles. The number of fused-ring (bicyclic) bond motifs is 1. The lowest BCUT2D eigenvalue weighted by atomic mass is 10.0. The van der Waals surface area contributed by atoms with Crippen molar-refractivity contribution >= 4 is 34.8 Å². The van der Waals surface area contributed by atoms with Crippen molar-refractivity contribution in [1.82, 2.24) is 0 Å². The summed E-state index contributed by atoms with van der Waals surface area (Å²) in [5, 5.41) is 2.88. The Morgan fingerprint density at radius 1 is 1.19 bits per heavy atom. The number of anilines is 3. The summed E-state index contributed by atoms with van der Waals surface area (Å²) >= 11 is 0. The van der Waals surface area contributed by atoms with E-state index in [1.54, 1.807) is 11.0 Å². The normalized spacial score (nSPS) is 18.1. The van der Waals surface area contributed by atoms with Crippen LogP contribution in [0.25, 0.3) is 0 Å². The van der Waals surface area contributed by atoms with E-state index in [0.717, 1.165) is 24.1 Å². The van der Waals surface area contributed by atoms with Crippen LogP contribution in [-0.2, 0) is 25.5 Å². The van der Waals surface area contributed by atoms with Gasteiger partial charge >= 0.3 is 0 Å². The van der Waals surface area contributed by atoms with E-state index in [1.165, 1.54) is 36.3 Å². The number of halogens is 1. The zero-order valence-electron chi connectivity index (χ0n) is 17.3. The summed E-state index contributed by atoms with van der Waals surface area (Å²) in [6, 6.07) is 11.2. The van der Waals surface area contributed by atoms with Gasteiger partial charge in [0.15, 0.2) is 0 Å². The number of hydrogen-bond donors (Lipinski definition) is 1. The van der Waals surface area contributed by atoms with Gasteiger partial charge in [0, 0.05) is 43.7 Å². The minimum Gasteiger partial charge on any atom is -0.375 e. The minimum absolute atomic E-state index is 0.000563. The molecule has 0 spiro atoms. The van der Waals surface area contributed by atoms with E-state index < -0.39 is 5.92 Å². The van der Waals surface area contributed by atoms with E-state index >= 15 is 0 Å². The number of carbonyl (C=O) groups excluding carboxylic acids is 3. The van der Waals surface area contributed by atoms with Crippen molar-refractivity contribution in [3.05, 3.63) is 53.8 Å². The molecule has 162 valence electrons. The predicted molar refractivity (Wildman–Crippen MR) is 114 cm³/mol. The summed E-state index contributed by atoms with van der Waals surface area (Å²) in [5.74, 6) is -1.45. The molecule has 8 heteroatoms. The number of hydrogen-bond acceptors (Lipinski definition) is 4. The van der Waals surface area contributed by atoms with Gasteiger partial charge in [0.1, 0.15) is 12.4 Å². The molecule has 1 saturated heterocycles. The highest BCUT2D eigenvalue weighted by atomic mass is 19.1. The lowest BCUT2D eigenvalue weighted by Crippen LogP contribution is -2.37. The van der Waals surface area contributed by atoms with Gasteiger partial charge in [0.25, 0.3) is 5.91 Å². The molecule has 4 rings (SSSR count). The van der Waals surface area contributed by atoms with E-state index in [0.29, 0.717) is 17.9 Å². The summed E-state index contributed by atoms with van der Waals surface area (Å²) in [6.45, 7) is 0.843. The Morgan fingerprint density at radius 3 is 2.71 bits per heavy atom. The van der Waals surface area contributed by atoms with Crippen molar-refractivity contribution in [3.63, 3.8) is 0 Å². The molecule has 2 aromatic carbocycles. The maximum absolute atomic E-state index is 13.2. The number of aryl methyl sites for hydroxylation is 1. The number of benzene rings is 2. The van der Waals surface area contributed by atoms with Crippen LogP contribution in [0.5, 0.6) is 0 Å². The van der Waals surface area contributed by atoms with Crippen molar-refractivity contribution in [1.29, 1.82) is 0 Å². The number of nitrogens with one attached hydrogen (secondary N) is 1. The number of methoxy groups -OCH3 is 1. The van der Waals surface area contributed by atoms with E-state index in [1.807, 2.05) is 12.1 Å². The molecule has 1 N–H and O–H groups in total. The summed E-state index contributed by atoms with van der Waals surface area (Å²) in [4.78, 5) is 40.8. The van der Waals surface area contributed by atoms with Crippen molar-refractivity contribution in [2.45, 2.75) is 19.3 Å². The SMILES string of the molecule is COCC(=O)N1CCCc2ccc(NC(=O)[C@@H]3CC(=O)N(c4ccc(F)cc4)C3)cc21. The van der Waals surface area contributed by atoms with Crippen LogP contribution in [0.15, 0.2) is 42.5 Å². The first-order valence-corrected chi connectivity index (χ1v) is 10.3. The van der Waals surface area contributed by atoms with Gasteiger partial charge in [-0.1, -0.05) is 6.07 Å². The third kappa shape index (κ3) is 4.44. The van der Waals surface area contributed by atoms with Gasteiger partial charge in [0.05, 0.1) is 5.92 Å². The monoisotopic (exact) mass is 425 g/mol. The molecule has 0 bridgehead atoms. The zero-order valence-corrected chi connectivity index (χ0v) is 17.3. The van der Waals surface area contributed by atoms with Crippen molar-refractivity contribution < 1.29 is 23.5 Å². The van der Waals surface area contributed by atoms with Gasteiger partial charge in [-0.15, -0.1) is 0 Å². The molecule has 0 saturated carbocycles. The fourth-order valence-electron chi connectivity index (χ4n) is 4.11. The minimum atomic E-state index is -0.514. The molecule has 0 aromatic heterocycles. The largest absolute Gasteiger partial charge is 0.375 e. The third-order valence-corrected chi connectivity index (χ3v) is 5.67. The van der Waals surface area contributed by atoms with Crippen LogP contribution in [-0.4, -0.2) is 44.5 Å². The van der Waals surface area contributed by atoms with E-state index in [9.17, 15) is 18.8 Å². The average molecular weight is 425 g/mol. The molecular weight excluding hydrogens is 401 g/mol. The number of nitrogens with zero attached hydrogens (tertiary/aromatic N) is 2. The second kappa shape index (κ2) is 8.85. The van der Waals surface area contributed by atoms with Gasteiger partial charge in [-0.25, -0.2) is 4.39 Å². The van der Waals surface area contributed by atoms with Crippen LogP contribution in [0, 0.1) is 11.7 Å². The molecule has 0 radical (unpaired) electrons. The van der Waals surface area contributed by atoms with Crippen LogP contribution in [0.1, 0.15) is 18.4 Å². The van der Waals surface area contributed by atoms with Crippen LogP contribution in [0.2, 0.25) is 0 Å². The maximum atomic E-state index is 13.2. The molecule has 0 unspecified atom stereocenters. The third-order valence-electron chi connectivity index (χ3n) is 5.67. The molecule has 31 heavy (non-hydrogen) atoms. The van der Waals surface area contributed by atoms with E-state index in [-0.39, 0.29) is 43.1 Å². The van der Waals surface area contributed by atoms with Crippen LogP contribution < -0.4 is 15.1 Å². The second-order valence-corrected chi connectivity index (χ2v) is 7.80. The van der Waals surface area contributed by atoms with Crippen LogP contribution in [0.4, 0.5) is 21.5 Å². The molecule has 7 nitrogen and oxygen atoms in total. The Hall–Kier alpha value is -3.26. The molecule has 2 aliphatic heterocycles. The Balaban J connectivity index is 1.46. The topological polar surface area (TPSA) is 79.0 Å². The summed E-state index contributed by atoms with van der Waals surface area (Å²) in [7, 11) is 1.48.